The number of nitrogens with two attached hydrogens (primary N) is 1. The summed E-state index contributed by atoms with van der Waals surface area (Å²) in [7, 11) is -3.94. The minimum atomic E-state index is -3.94. The van der Waals surface area contributed by atoms with E-state index in [1.54, 1.807) is 12.1 Å². The molecule has 2 aromatic rings. The molecule has 8 heteroatoms. The van der Waals surface area contributed by atoms with Crippen LogP contribution in [0.5, 0.6) is 5.75 Å². The van der Waals surface area contributed by atoms with E-state index in [4.69, 9.17) is 21.5 Å². The van der Waals surface area contributed by atoms with Gasteiger partial charge in [0.15, 0.2) is 0 Å². The van der Waals surface area contributed by atoms with Gasteiger partial charge in [-0.25, -0.2) is 17.9 Å². The second-order valence-corrected chi connectivity index (χ2v) is 6.96. The number of hydrogen-bond donors (Lipinski definition) is 1. The predicted octanol–water partition coefficient (Wildman–Crippen LogP) is 3.47. The average molecular weight is 395 g/mol. The van der Waals surface area contributed by atoms with Crippen LogP contribution in [0.4, 0.5) is 4.39 Å². The van der Waals surface area contributed by atoms with Crippen LogP contribution in [0.2, 0.25) is 5.02 Å². The van der Waals surface area contributed by atoms with Gasteiger partial charge in [0.2, 0.25) is 10.0 Å². The third-order valence-electron chi connectivity index (χ3n) is 2.63. The summed E-state index contributed by atoms with van der Waals surface area (Å²) in [4.78, 5) is -0.163. The van der Waals surface area contributed by atoms with Crippen molar-refractivity contribution in [1.82, 2.24) is 0 Å². The van der Waals surface area contributed by atoms with Gasteiger partial charge in [-0.3, -0.25) is 0 Å². The molecule has 0 aromatic heterocycles. The first-order valence-electron chi connectivity index (χ1n) is 5.67. The first-order valence-corrected chi connectivity index (χ1v) is 8.39. The molecule has 0 aliphatic carbocycles. The lowest BCUT2D eigenvalue weighted by Crippen LogP contribution is -2.14. The van der Waals surface area contributed by atoms with E-state index in [0.717, 1.165) is 0 Å². The number of primary sulfonamides is 1. The van der Waals surface area contributed by atoms with Crippen molar-refractivity contribution in [3.05, 3.63) is 57.3 Å². The fraction of sp³-hybridized carbons (Fsp3) is 0.0769. The highest BCUT2D eigenvalue weighted by atomic mass is 79.9. The SMILES string of the molecule is NS(=O)(=O)c1cc(Br)ccc1OCc1cccc(F)c1Cl. The monoisotopic (exact) mass is 393 g/mol. The van der Waals surface area contributed by atoms with E-state index in [2.05, 4.69) is 15.9 Å². The third-order valence-corrected chi connectivity index (χ3v) is 4.48. The maximum absolute atomic E-state index is 13.3. The summed E-state index contributed by atoms with van der Waals surface area (Å²) in [5.41, 5.74) is 0.403. The highest BCUT2D eigenvalue weighted by molar-refractivity contribution is 9.10. The number of hydrogen-bond acceptors (Lipinski definition) is 3. The van der Waals surface area contributed by atoms with Crippen LogP contribution >= 0.6 is 27.5 Å². The second kappa shape index (κ2) is 6.31. The molecule has 2 N–H and O–H groups in total. The molecule has 112 valence electrons. The molecule has 0 saturated heterocycles. The minimum Gasteiger partial charge on any atom is -0.487 e. The number of rotatable bonds is 4. The van der Waals surface area contributed by atoms with Crippen molar-refractivity contribution in [3.63, 3.8) is 0 Å². The van der Waals surface area contributed by atoms with E-state index in [-0.39, 0.29) is 22.3 Å². The van der Waals surface area contributed by atoms with E-state index in [1.807, 2.05) is 0 Å². The van der Waals surface area contributed by atoms with Gasteiger partial charge in [0.25, 0.3) is 0 Å². The Balaban J connectivity index is 2.31. The topological polar surface area (TPSA) is 69.4 Å². The van der Waals surface area contributed by atoms with Gasteiger partial charge in [-0.2, -0.15) is 0 Å². The van der Waals surface area contributed by atoms with Crippen molar-refractivity contribution in [2.45, 2.75) is 11.5 Å². The van der Waals surface area contributed by atoms with Gasteiger partial charge in [-0.1, -0.05) is 39.7 Å². The molecule has 0 heterocycles. The summed E-state index contributed by atoms with van der Waals surface area (Å²) in [5.74, 6) is -0.499. The first-order chi connectivity index (χ1) is 9.79. The molecule has 0 spiro atoms. The summed E-state index contributed by atoms with van der Waals surface area (Å²) in [6, 6.07) is 8.69. The molecular weight excluding hydrogens is 385 g/mol. The minimum absolute atomic E-state index is 0.0632. The zero-order chi connectivity index (χ0) is 15.6. The molecule has 2 aromatic carbocycles. The zero-order valence-electron chi connectivity index (χ0n) is 10.5. The molecule has 0 fully saturated rings. The lowest BCUT2D eigenvalue weighted by molar-refractivity contribution is 0.297. The van der Waals surface area contributed by atoms with Crippen LogP contribution in [0.3, 0.4) is 0 Å². The molecule has 0 amide bonds. The highest BCUT2D eigenvalue weighted by Gasteiger charge is 2.16. The fourth-order valence-electron chi connectivity index (χ4n) is 1.64. The second-order valence-electron chi connectivity index (χ2n) is 4.14. The molecule has 2 rings (SSSR count). The van der Waals surface area contributed by atoms with Crippen molar-refractivity contribution in [2.24, 2.45) is 5.14 Å². The summed E-state index contributed by atoms with van der Waals surface area (Å²) in [6.07, 6.45) is 0. The Labute approximate surface area is 134 Å². The van der Waals surface area contributed by atoms with Crippen molar-refractivity contribution in [2.75, 3.05) is 0 Å². The lowest BCUT2D eigenvalue weighted by Gasteiger charge is -2.11. The van der Waals surface area contributed by atoms with Crippen LogP contribution in [0.15, 0.2) is 45.8 Å². The van der Waals surface area contributed by atoms with E-state index in [0.29, 0.717) is 10.0 Å². The summed E-state index contributed by atoms with van der Waals surface area (Å²) < 4.78 is 42.3. The number of ether oxygens (including phenoxy) is 1. The standard InChI is InChI=1S/C13H10BrClFNO3S/c14-9-4-5-11(12(6-9)21(17,18)19)20-7-8-2-1-3-10(16)13(8)15/h1-6H,7H2,(H2,17,18,19). The van der Waals surface area contributed by atoms with Crippen molar-refractivity contribution in [3.8, 4) is 5.75 Å². The van der Waals surface area contributed by atoms with E-state index < -0.39 is 15.8 Å². The Kier molecular flexibility index (Phi) is 4.88. The first kappa shape index (κ1) is 16.2. The third kappa shape index (κ3) is 3.94. The Morgan fingerprint density at radius 1 is 1.29 bits per heavy atom. The van der Waals surface area contributed by atoms with Gasteiger partial charge >= 0.3 is 0 Å². The van der Waals surface area contributed by atoms with Crippen LogP contribution in [0.1, 0.15) is 5.56 Å². The smallest absolute Gasteiger partial charge is 0.241 e. The van der Waals surface area contributed by atoms with Crippen molar-refractivity contribution in [1.29, 1.82) is 0 Å². The van der Waals surface area contributed by atoms with E-state index >= 15 is 0 Å². The van der Waals surface area contributed by atoms with Gasteiger partial charge in [-0.15, -0.1) is 0 Å². The van der Waals surface area contributed by atoms with Gasteiger partial charge in [0, 0.05) is 10.0 Å². The molecule has 0 unspecified atom stereocenters. The summed E-state index contributed by atoms with van der Waals surface area (Å²) in [5, 5.41) is 5.07. The van der Waals surface area contributed by atoms with Crippen molar-refractivity contribution >= 4 is 37.6 Å². The van der Waals surface area contributed by atoms with Gasteiger partial charge in [0.05, 0.1) is 5.02 Å². The molecule has 0 bridgehead atoms. The average Bonchev–Trinajstić information content (AvgIpc) is 2.40. The van der Waals surface area contributed by atoms with Crippen molar-refractivity contribution < 1.29 is 17.5 Å². The Morgan fingerprint density at radius 2 is 2.00 bits per heavy atom. The quantitative estimate of drug-likeness (QED) is 0.863. The summed E-state index contributed by atoms with van der Waals surface area (Å²) in [6.45, 7) is -0.0826. The normalized spacial score (nSPS) is 11.4. The highest BCUT2D eigenvalue weighted by Crippen LogP contribution is 2.28. The largest absolute Gasteiger partial charge is 0.487 e. The molecule has 0 atom stereocenters. The Bertz CT molecular complexity index is 783. The molecule has 4 nitrogen and oxygen atoms in total. The van der Waals surface area contributed by atoms with Gasteiger partial charge < -0.3 is 4.74 Å². The van der Waals surface area contributed by atoms with Gasteiger partial charge in [0.1, 0.15) is 23.1 Å². The lowest BCUT2D eigenvalue weighted by atomic mass is 10.2. The molecule has 0 aliphatic rings. The Morgan fingerprint density at radius 3 is 2.67 bits per heavy atom. The molecular formula is C13H10BrClFNO3S. The Hall–Kier alpha value is -1.15. The maximum atomic E-state index is 13.3. The summed E-state index contributed by atoms with van der Waals surface area (Å²) >= 11 is 8.97. The number of sulfonamides is 1. The molecule has 0 saturated carbocycles. The molecule has 21 heavy (non-hydrogen) atoms. The molecule has 0 aliphatic heterocycles. The van der Waals surface area contributed by atoms with Crippen LogP contribution in [-0.4, -0.2) is 8.42 Å². The molecule has 0 radical (unpaired) electrons. The van der Waals surface area contributed by atoms with Crippen LogP contribution in [0.25, 0.3) is 0 Å². The number of benzene rings is 2. The van der Waals surface area contributed by atoms with E-state index in [9.17, 15) is 12.8 Å². The number of halogens is 3. The van der Waals surface area contributed by atoms with E-state index in [1.165, 1.54) is 24.3 Å². The maximum Gasteiger partial charge on any atom is 0.241 e. The van der Waals surface area contributed by atoms with Crippen LogP contribution < -0.4 is 9.88 Å². The predicted molar refractivity (Wildman–Crippen MR) is 81.3 cm³/mol. The van der Waals surface area contributed by atoms with Gasteiger partial charge in [-0.05, 0) is 24.3 Å². The van der Waals surface area contributed by atoms with Crippen LogP contribution in [0, 0.1) is 5.82 Å². The van der Waals surface area contributed by atoms with Crippen LogP contribution in [-0.2, 0) is 16.6 Å². The zero-order valence-corrected chi connectivity index (χ0v) is 13.7. The fourth-order valence-corrected chi connectivity index (χ4v) is 3.03.